The van der Waals surface area contributed by atoms with Crippen LogP contribution in [0.3, 0.4) is 0 Å². The summed E-state index contributed by atoms with van der Waals surface area (Å²) in [5.74, 6) is -0.0650. The second-order valence-corrected chi connectivity index (χ2v) is 5.99. The Morgan fingerprint density at radius 1 is 1.35 bits per heavy atom. The second kappa shape index (κ2) is 6.52. The summed E-state index contributed by atoms with van der Waals surface area (Å²) in [5, 5.41) is 4.86. The Kier molecular flexibility index (Phi) is 4.96. The normalized spacial score (nSPS) is 11.1. The third-order valence-corrected chi connectivity index (χ3v) is 3.71. The average molecular weight is 357 g/mol. The molecule has 2 rings (SSSR count). The maximum absolute atomic E-state index is 12.6. The number of carbonyl (C=O) groups excluding carboxylic acids is 1. The van der Waals surface area contributed by atoms with E-state index in [-0.39, 0.29) is 5.78 Å². The van der Waals surface area contributed by atoms with Gasteiger partial charge in [0, 0.05) is 17.1 Å². The lowest BCUT2D eigenvalue weighted by molar-refractivity contribution is 0.102. The van der Waals surface area contributed by atoms with Crippen molar-refractivity contribution in [1.82, 2.24) is 14.7 Å². The maximum atomic E-state index is 12.6. The molecule has 0 amide bonds. The van der Waals surface area contributed by atoms with Crippen molar-refractivity contribution in [3.63, 3.8) is 0 Å². The first-order chi connectivity index (χ1) is 9.49. The molecule has 0 aliphatic rings. The smallest absolute Gasteiger partial charge is 0.212 e. The third kappa shape index (κ3) is 3.48. The number of likely N-dealkylation sites (N-methyl/N-ethyl adjacent to an activating group) is 1. The summed E-state index contributed by atoms with van der Waals surface area (Å²) in [6, 6.07) is 6.87. The molecule has 20 heavy (non-hydrogen) atoms. The van der Waals surface area contributed by atoms with Gasteiger partial charge in [-0.15, -0.1) is 0 Å². The summed E-state index contributed by atoms with van der Waals surface area (Å²) in [6.07, 6.45) is 1.65. The number of carbonyl (C=O) groups is 1. The van der Waals surface area contributed by atoms with Crippen LogP contribution in [0.25, 0.3) is 0 Å². The highest BCUT2D eigenvalue weighted by molar-refractivity contribution is 9.10. The molecule has 0 aliphatic carbocycles. The summed E-state index contributed by atoms with van der Waals surface area (Å²) in [6.45, 7) is 1.47. The van der Waals surface area contributed by atoms with Crippen LogP contribution in [-0.2, 0) is 6.54 Å². The van der Waals surface area contributed by atoms with Gasteiger partial charge < -0.3 is 4.90 Å². The van der Waals surface area contributed by atoms with Crippen molar-refractivity contribution in [3.8, 4) is 0 Å². The van der Waals surface area contributed by atoms with Crippen LogP contribution in [-0.4, -0.2) is 41.1 Å². The van der Waals surface area contributed by atoms with Crippen LogP contribution in [0, 0.1) is 0 Å². The predicted molar refractivity (Wildman–Crippen MR) is 83.4 cm³/mol. The lowest BCUT2D eigenvalue weighted by atomic mass is 10.1. The number of hydrogen-bond donors (Lipinski definition) is 0. The van der Waals surface area contributed by atoms with Crippen LogP contribution in [0.15, 0.2) is 34.9 Å². The molecule has 106 valence electrons. The van der Waals surface area contributed by atoms with Crippen LogP contribution in [0.2, 0.25) is 5.02 Å². The maximum Gasteiger partial charge on any atom is 0.212 e. The topological polar surface area (TPSA) is 38.1 Å². The van der Waals surface area contributed by atoms with E-state index in [4.69, 9.17) is 11.6 Å². The van der Waals surface area contributed by atoms with Gasteiger partial charge in [-0.2, -0.15) is 5.10 Å². The van der Waals surface area contributed by atoms with Crippen LogP contribution in [0.5, 0.6) is 0 Å². The minimum Gasteiger partial charge on any atom is -0.308 e. The molecule has 2 aromatic rings. The van der Waals surface area contributed by atoms with Gasteiger partial charge in [-0.3, -0.25) is 9.48 Å². The van der Waals surface area contributed by atoms with Crippen molar-refractivity contribution >= 4 is 33.3 Å². The van der Waals surface area contributed by atoms with E-state index in [1.807, 2.05) is 19.0 Å². The number of benzene rings is 1. The van der Waals surface area contributed by atoms with E-state index in [0.29, 0.717) is 27.3 Å². The molecule has 0 saturated heterocycles. The monoisotopic (exact) mass is 355 g/mol. The zero-order valence-electron chi connectivity index (χ0n) is 11.3. The molecule has 1 heterocycles. The highest BCUT2D eigenvalue weighted by atomic mass is 79.9. The van der Waals surface area contributed by atoms with Crippen LogP contribution in [0.1, 0.15) is 16.1 Å². The van der Waals surface area contributed by atoms with E-state index >= 15 is 0 Å². The van der Waals surface area contributed by atoms with Crippen LogP contribution < -0.4 is 0 Å². The van der Waals surface area contributed by atoms with Gasteiger partial charge in [0.2, 0.25) is 5.78 Å². The van der Waals surface area contributed by atoms with Gasteiger partial charge in [-0.05, 0) is 54.3 Å². The summed E-state index contributed by atoms with van der Waals surface area (Å²) < 4.78 is 2.43. The van der Waals surface area contributed by atoms with Crippen LogP contribution >= 0.6 is 27.5 Å². The van der Waals surface area contributed by atoms with Gasteiger partial charge in [0.15, 0.2) is 0 Å². The highest BCUT2D eigenvalue weighted by Gasteiger charge is 2.18. The van der Waals surface area contributed by atoms with E-state index in [0.717, 1.165) is 6.54 Å². The number of hydrogen-bond acceptors (Lipinski definition) is 3. The van der Waals surface area contributed by atoms with Gasteiger partial charge in [-0.25, -0.2) is 0 Å². The summed E-state index contributed by atoms with van der Waals surface area (Å²) >= 11 is 9.24. The number of rotatable bonds is 5. The zero-order valence-corrected chi connectivity index (χ0v) is 13.6. The SMILES string of the molecule is CN(C)CCn1ncc(Br)c1C(=O)c1ccc(Cl)cc1. The van der Waals surface area contributed by atoms with Gasteiger partial charge in [-0.1, -0.05) is 11.6 Å². The molecule has 1 aromatic heterocycles. The number of ketones is 1. The van der Waals surface area contributed by atoms with Gasteiger partial charge in [0.1, 0.15) is 5.69 Å². The van der Waals surface area contributed by atoms with Crippen molar-refractivity contribution in [2.45, 2.75) is 6.54 Å². The fourth-order valence-electron chi connectivity index (χ4n) is 1.79. The van der Waals surface area contributed by atoms with Crippen molar-refractivity contribution in [1.29, 1.82) is 0 Å². The fourth-order valence-corrected chi connectivity index (χ4v) is 2.39. The Balaban J connectivity index is 2.29. The molecule has 0 bridgehead atoms. The first kappa shape index (κ1) is 15.2. The number of halogens is 2. The Morgan fingerprint density at radius 2 is 2.00 bits per heavy atom. The van der Waals surface area contributed by atoms with Crippen LogP contribution in [0.4, 0.5) is 0 Å². The molecular formula is C14H15BrClN3O. The first-order valence-electron chi connectivity index (χ1n) is 6.15. The standard InChI is InChI=1S/C14H15BrClN3O/c1-18(2)7-8-19-13(12(15)9-17-19)14(20)10-3-5-11(16)6-4-10/h3-6,9H,7-8H2,1-2H3. The molecular weight excluding hydrogens is 342 g/mol. The summed E-state index contributed by atoms with van der Waals surface area (Å²) in [4.78, 5) is 14.6. The number of nitrogens with zero attached hydrogens (tertiary/aromatic N) is 3. The summed E-state index contributed by atoms with van der Waals surface area (Å²) in [7, 11) is 3.97. The Bertz CT molecular complexity index is 607. The Labute approximate surface area is 131 Å². The quantitative estimate of drug-likeness (QED) is 0.773. The lowest BCUT2D eigenvalue weighted by Gasteiger charge is -2.11. The molecule has 0 atom stereocenters. The fraction of sp³-hybridized carbons (Fsp3) is 0.286. The number of aromatic nitrogens is 2. The van der Waals surface area contributed by atoms with E-state index in [1.165, 1.54) is 0 Å². The molecule has 0 unspecified atom stereocenters. The highest BCUT2D eigenvalue weighted by Crippen LogP contribution is 2.21. The Hall–Kier alpha value is -1.17. The minimum absolute atomic E-state index is 0.0650. The van der Waals surface area contributed by atoms with E-state index < -0.39 is 0 Å². The molecule has 0 N–H and O–H groups in total. The van der Waals surface area contributed by atoms with Gasteiger partial charge in [0.05, 0.1) is 17.2 Å². The van der Waals surface area contributed by atoms with Gasteiger partial charge in [0.25, 0.3) is 0 Å². The molecule has 4 nitrogen and oxygen atoms in total. The summed E-state index contributed by atoms with van der Waals surface area (Å²) in [5.41, 5.74) is 1.16. The van der Waals surface area contributed by atoms with Crippen molar-refractivity contribution in [3.05, 3.63) is 51.2 Å². The second-order valence-electron chi connectivity index (χ2n) is 4.70. The van der Waals surface area contributed by atoms with E-state index in [9.17, 15) is 4.79 Å². The first-order valence-corrected chi connectivity index (χ1v) is 7.32. The largest absolute Gasteiger partial charge is 0.308 e. The van der Waals surface area contributed by atoms with Gasteiger partial charge >= 0.3 is 0 Å². The van der Waals surface area contributed by atoms with Crippen molar-refractivity contribution in [2.75, 3.05) is 20.6 Å². The molecule has 0 saturated carbocycles. The zero-order chi connectivity index (χ0) is 14.7. The molecule has 0 spiro atoms. The van der Waals surface area contributed by atoms with E-state index in [1.54, 1.807) is 35.1 Å². The average Bonchev–Trinajstić information content (AvgIpc) is 2.77. The predicted octanol–water partition coefficient (Wildman–Crippen LogP) is 3.09. The molecule has 0 radical (unpaired) electrons. The van der Waals surface area contributed by atoms with Crippen molar-refractivity contribution in [2.24, 2.45) is 0 Å². The molecule has 0 fully saturated rings. The molecule has 6 heteroatoms. The lowest BCUT2D eigenvalue weighted by Crippen LogP contribution is -2.21. The third-order valence-electron chi connectivity index (χ3n) is 2.88. The minimum atomic E-state index is -0.0650. The van der Waals surface area contributed by atoms with E-state index in [2.05, 4.69) is 21.0 Å². The Morgan fingerprint density at radius 3 is 2.60 bits per heavy atom. The molecule has 0 aliphatic heterocycles. The molecule has 1 aromatic carbocycles. The van der Waals surface area contributed by atoms with Crippen molar-refractivity contribution < 1.29 is 4.79 Å².